The van der Waals surface area contributed by atoms with Gasteiger partial charge in [-0.1, -0.05) is 30.2 Å². The van der Waals surface area contributed by atoms with Gasteiger partial charge in [-0.2, -0.15) is 0 Å². The molecule has 0 aromatic heterocycles. The maximum absolute atomic E-state index is 6.08. The minimum atomic E-state index is 0.647. The summed E-state index contributed by atoms with van der Waals surface area (Å²) in [5.41, 5.74) is 1.34. The molecule has 3 heteroatoms. The predicted molar refractivity (Wildman–Crippen MR) is 80.5 cm³/mol. The van der Waals surface area contributed by atoms with Crippen molar-refractivity contribution in [1.29, 1.82) is 0 Å². The molecule has 2 nitrogen and oxygen atoms in total. The van der Waals surface area contributed by atoms with Crippen LogP contribution in [0.3, 0.4) is 0 Å². The second-order valence-electron chi connectivity index (χ2n) is 6.05. The van der Waals surface area contributed by atoms with Crippen LogP contribution in [0.1, 0.15) is 31.7 Å². The highest BCUT2D eigenvalue weighted by atomic mass is 35.5. The zero-order valence-electron chi connectivity index (χ0n) is 11.7. The van der Waals surface area contributed by atoms with Crippen LogP contribution < -0.4 is 0 Å². The fourth-order valence-corrected chi connectivity index (χ4v) is 3.72. The summed E-state index contributed by atoms with van der Waals surface area (Å²) < 4.78 is 0. The molecular weight excluding hydrogens is 256 g/mol. The van der Waals surface area contributed by atoms with E-state index in [9.17, 15) is 0 Å². The van der Waals surface area contributed by atoms with E-state index in [1.165, 1.54) is 44.5 Å². The fraction of sp³-hybridized carbons (Fsp3) is 0.625. The minimum absolute atomic E-state index is 0.647. The van der Waals surface area contributed by atoms with Crippen molar-refractivity contribution in [2.24, 2.45) is 0 Å². The Bertz CT molecular complexity index is 435. The van der Waals surface area contributed by atoms with E-state index in [-0.39, 0.29) is 0 Å². The third kappa shape index (κ3) is 3.13. The molecule has 2 fully saturated rings. The summed E-state index contributed by atoms with van der Waals surface area (Å²) in [6, 6.07) is 9.72. The van der Waals surface area contributed by atoms with Crippen LogP contribution in [-0.2, 0) is 6.54 Å². The van der Waals surface area contributed by atoms with Gasteiger partial charge in [0.1, 0.15) is 0 Å². The van der Waals surface area contributed by atoms with E-state index in [0.29, 0.717) is 6.04 Å². The first-order valence-corrected chi connectivity index (χ1v) is 7.83. The Morgan fingerprint density at radius 3 is 3.00 bits per heavy atom. The van der Waals surface area contributed by atoms with E-state index in [1.807, 2.05) is 6.07 Å². The Balaban J connectivity index is 1.67. The molecular formula is C16H23ClN2. The number of fused-ring (bicyclic) bond motifs is 1. The van der Waals surface area contributed by atoms with Crippen LogP contribution in [0.4, 0.5) is 0 Å². The highest BCUT2D eigenvalue weighted by molar-refractivity contribution is 6.30. The van der Waals surface area contributed by atoms with Gasteiger partial charge in [0.15, 0.2) is 0 Å². The van der Waals surface area contributed by atoms with Crippen LogP contribution in [0.2, 0.25) is 5.02 Å². The summed E-state index contributed by atoms with van der Waals surface area (Å²) in [5.74, 6) is 0. The molecule has 0 unspecified atom stereocenters. The molecule has 0 amide bonds. The highest BCUT2D eigenvalue weighted by Gasteiger charge is 2.32. The second kappa shape index (κ2) is 5.82. The largest absolute Gasteiger partial charge is 0.298 e. The Morgan fingerprint density at radius 2 is 2.16 bits per heavy atom. The molecule has 0 radical (unpaired) electrons. The molecule has 1 aromatic rings. The average molecular weight is 279 g/mol. The number of halogens is 1. The Morgan fingerprint density at radius 1 is 1.26 bits per heavy atom. The molecule has 2 aliphatic rings. The van der Waals surface area contributed by atoms with Crippen LogP contribution in [0.25, 0.3) is 0 Å². The summed E-state index contributed by atoms with van der Waals surface area (Å²) >= 11 is 6.08. The molecule has 0 spiro atoms. The molecule has 3 rings (SSSR count). The number of hydrogen-bond acceptors (Lipinski definition) is 2. The average Bonchev–Trinajstić information content (AvgIpc) is 2.40. The molecule has 1 aromatic carbocycles. The topological polar surface area (TPSA) is 6.48 Å². The van der Waals surface area contributed by atoms with Crippen LogP contribution in [0.5, 0.6) is 0 Å². The standard InChI is InChI=1S/C16H23ClN2/c1-13-10-18-8-3-2-7-16(18)12-19(13)11-14-5-4-6-15(17)9-14/h4-6,9,13,16H,2-3,7-8,10-12H2,1H3/t13-,16+/m1/s1. The molecule has 104 valence electrons. The summed E-state index contributed by atoms with van der Waals surface area (Å²) in [6.07, 6.45) is 4.16. The summed E-state index contributed by atoms with van der Waals surface area (Å²) in [4.78, 5) is 5.32. The summed E-state index contributed by atoms with van der Waals surface area (Å²) in [5, 5.41) is 0.849. The normalized spacial score (nSPS) is 29.2. The third-order valence-corrected chi connectivity index (χ3v) is 4.83. The van der Waals surface area contributed by atoms with Crippen molar-refractivity contribution in [1.82, 2.24) is 9.80 Å². The number of hydrogen-bond donors (Lipinski definition) is 0. The van der Waals surface area contributed by atoms with Crippen molar-refractivity contribution >= 4 is 11.6 Å². The number of rotatable bonds is 2. The van der Waals surface area contributed by atoms with Gasteiger partial charge >= 0.3 is 0 Å². The van der Waals surface area contributed by atoms with E-state index in [0.717, 1.165) is 17.6 Å². The van der Waals surface area contributed by atoms with E-state index >= 15 is 0 Å². The number of piperazine rings is 1. The van der Waals surface area contributed by atoms with Crippen molar-refractivity contribution in [2.45, 2.75) is 44.8 Å². The van der Waals surface area contributed by atoms with Crippen molar-refractivity contribution in [3.63, 3.8) is 0 Å². The smallest absolute Gasteiger partial charge is 0.0409 e. The quantitative estimate of drug-likeness (QED) is 0.818. The molecule has 0 saturated carbocycles. The lowest BCUT2D eigenvalue weighted by atomic mass is 9.97. The molecule has 2 aliphatic heterocycles. The number of benzene rings is 1. The van der Waals surface area contributed by atoms with E-state index < -0.39 is 0 Å². The van der Waals surface area contributed by atoms with E-state index in [1.54, 1.807) is 0 Å². The van der Waals surface area contributed by atoms with E-state index in [4.69, 9.17) is 11.6 Å². The van der Waals surface area contributed by atoms with Crippen molar-refractivity contribution in [3.8, 4) is 0 Å². The molecule has 0 N–H and O–H groups in total. The van der Waals surface area contributed by atoms with Gasteiger partial charge < -0.3 is 0 Å². The number of nitrogens with zero attached hydrogens (tertiary/aromatic N) is 2. The SMILES string of the molecule is C[C@@H]1CN2CCCC[C@H]2CN1Cc1cccc(Cl)c1. The highest BCUT2D eigenvalue weighted by Crippen LogP contribution is 2.25. The molecule has 2 atom stereocenters. The van der Waals surface area contributed by atoms with Crippen molar-refractivity contribution in [2.75, 3.05) is 19.6 Å². The zero-order chi connectivity index (χ0) is 13.2. The first kappa shape index (κ1) is 13.4. The van der Waals surface area contributed by atoms with Gasteiger partial charge in [-0.3, -0.25) is 9.80 Å². The van der Waals surface area contributed by atoms with Crippen LogP contribution in [-0.4, -0.2) is 41.5 Å². The fourth-order valence-electron chi connectivity index (χ4n) is 3.50. The second-order valence-corrected chi connectivity index (χ2v) is 6.49. The van der Waals surface area contributed by atoms with Crippen LogP contribution in [0.15, 0.2) is 24.3 Å². The van der Waals surface area contributed by atoms with Crippen molar-refractivity contribution < 1.29 is 0 Å². The zero-order valence-corrected chi connectivity index (χ0v) is 12.4. The lowest BCUT2D eigenvalue weighted by Crippen LogP contribution is -2.58. The molecule has 19 heavy (non-hydrogen) atoms. The summed E-state index contributed by atoms with van der Waals surface area (Å²) in [7, 11) is 0. The third-order valence-electron chi connectivity index (χ3n) is 4.59. The van der Waals surface area contributed by atoms with Gasteiger partial charge in [0.25, 0.3) is 0 Å². The first-order valence-electron chi connectivity index (χ1n) is 7.45. The predicted octanol–water partition coefficient (Wildman–Crippen LogP) is 3.40. The number of piperidine rings is 1. The monoisotopic (exact) mass is 278 g/mol. The maximum atomic E-state index is 6.08. The van der Waals surface area contributed by atoms with Gasteiger partial charge in [0.05, 0.1) is 0 Å². The lowest BCUT2D eigenvalue weighted by Gasteiger charge is -2.47. The van der Waals surface area contributed by atoms with Gasteiger partial charge in [-0.15, -0.1) is 0 Å². The van der Waals surface area contributed by atoms with Gasteiger partial charge in [-0.25, -0.2) is 0 Å². The van der Waals surface area contributed by atoms with E-state index in [2.05, 4.69) is 34.9 Å². The van der Waals surface area contributed by atoms with Crippen LogP contribution in [0, 0.1) is 0 Å². The molecule has 2 heterocycles. The van der Waals surface area contributed by atoms with Gasteiger partial charge in [-0.05, 0) is 44.0 Å². The Labute approximate surface area is 121 Å². The van der Waals surface area contributed by atoms with Crippen molar-refractivity contribution in [3.05, 3.63) is 34.9 Å². The Kier molecular flexibility index (Phi) is 4.11. The molecule has 0 aliphatic carbocycles. The van der Waals surface area contributed by atoms with Crippen LogP contribution >= 0.6 is 11.6 Å². The lowest BCUT2D eigenvalue weighted by molar-refractivity contribution is 0.0111. The van der Waals surface area contributed by atoms with Gasteiger partial charge in [0, 0.05) is 36.7 Å². The Hall–Kier alpha value is -0.570. The first-order chi connectivity index (χ1) is 9.22. The molecule has 2 saturated heterocycles. The maximum Gasteiger partial charge on any atom is 0.0409 e. The van der Waals surface area contributed by atoms with Gasteiger partial charge in [0.2, 0.25) is 0 Å². The minimum Gasteiger partial charge on any atom is -0.298 e. The molecule has 0 bridgehead atoms. The summed E-state index contributed by atoms with van der Waals surface area (Å²) in [6.45, 7) is 7.14.